The molecule has 0 unspecified atom stereocenters. The average Bonchev–Trinajstić information content (AvgIpc) is 2.08. The quantitative estimate of drug-likeness (QED) is 0.565. The van der Waals surface area contributed by atoms with Crippen molar-refractivity contribution in [3.8, 4) is 0 Å². The lowest BCUT2D eigenvalue weighted by Crippen LogP contribution is -1.99. The molecule has 3 heteroatoms. The van der Waals surface area contributed by atoms with Crippen LogP contribution < -0.4 is 5.32 Å². The number of aryl methyl sites for hydroxylation is 1. The van der Waals surface area contributed by atoms with Gasteiger partial charge in [0.1, 0.15) is 0 Å². The van der Waals surface area contributed by atoms with Crippen molar-refractivity contribution >= 4 is 17.9 Å². The third-order valence-corrected chi connectivity index (χ3v) is 1.86. The number of nitrogens with one attached hydrogen (secondary N) is 1. The number of rotatable bonds is 3. The van der Waals surface area contributed by atoms with E-state index in [1.165, 1.54) is 6.92 Å². The van der Waals surface area contributed by atoms with Crippen LogP contribution in [0, 0.1) is 6.92 Å². The molecule has 1 aromatic carbocycles. The monoisotopic (exact) mass is 177 g/mol. The molecule has 1 N–H and O–H groups in total. The number of hydrogen-bond donors (Lipinski definition) is 1. The Kier molecular flexibility index (Phi) is 2.80. The van der Waals surface area contributed by atoms with Crippen molar-refractivity contribution in [3.63, 3.8) is 0 Å². The molecule has 0 atom stereocenters. The Hall–Kier alpha value is -1.64. The van der Waals surface area contributed by atoms with Gasteiger partial charge in [0.15, 0.2) is 5.78 Å². The second-order valence-corrected chi connectivity index (χ2v) is 2.85. The Bertz CT molecular complexity index is 345. The fraction of sp³-hybridized carbons (Fsp3) is 0.200. The average molecular weight is 177 g/mol. The molecule has 0 aliphatic carbocycles. The van der Waals surface area contributed by atoms with Crippen LogP contribution in [0.5, 0.6) is 0 Å². The van der Waals surface area contributed by atoms with E-state index in [1.807, 2.05) is 13.0 Å². The maximum atomic E-state index is 11.0. The summed E-state index contributed by atoms with van der Waals surface area (Å²) in [5.41, 5.74) is 2.23. The molecule has 0 radical (unpaired) electrons. The first-order valence-electron chi connectivity index (χ1n) is 3.97. The van der Waals surface area contributed by atoms with Gasteiger partial charge in [-0.2, -0.15) is 0 Å². The van der Waals surface area contributed by atoms with Crippen LogP contribution >= 0.6 is 0 Å². The first-order valence-corrected chi connectivity index (χ1v) is 3.97. The van der Waals surface area contributed by atoms with Gasteiger partial charge in [-0.15, -0.1) is 0 Å². The summed E-state index contributed by atoms with van der Waals surface area (Å²) in [6.07, 6.45) is 0.603. The Morgan fingerprint density at radius 2 is 2.15 bits per heavy atom. The molecule has 68 valence electrons. The molecular formula is C10H11NO2. The number of hydrogen-bond acceptors (Lipinski definition) is 2. The van der Waals surface area contributed by atoms with Gasteiger partial charge >= 0.3 is 0 Å². The molecule has 0 fully saturated rings. The summed E-state index contributed by atoms with van der Waals surface area (Å²) in [7, 11) is 0. The minimum atomic E-state index is -0.00560. The van der Waals surface area contributed by atoms with Crippen molar-refractivity contribution in [1.82, 2.24) is 0 Å². The fourth-order valence-corrected chi connectivity index (χ4v) is 1.06. The summed E-state index contributed by atoms with van der Waals surface area (Å²) < 4.78 is 0. The Morgan fingerprint density at radius 3 is 2.69 bits per heavy atom. The predicted octanol–water partition coefficient (Wildman–Crippen LogP) is 1.77. The van der Waals surface area contributed by atoms with E-state index in [0.29, 0.717) is 17.7 Å². The molecule has 0 saturated carbocycles. The fourth-order valence-electron chi connectivity index (χ4n) is 1.06. The van der Waals surface area contributed by atoms with Crippen LogP contribution in [-0.4, -0.2) is 12.2 Å². The van der Waals surface area contributed by atoms with E-state index in [2.05, 4.69) is 5.32 Å². The Labute approximate surface area is 76.8 Å². The summed E-state index contributed by atoms with van der Waals surface area (Å²) in [5, 5.41) is 2.54. The highest BCUT2D eigenvalue weighted by Gasteiger charge is 2.02. The molecule has 1 amide bonds. The third-order valence-electron chi connectivity index (χ3n) is 1.86. The molecule has 1 aromatic rings. The summed E-state index contributed by atoms with van der Waals surface area (Å²) in [5.74, 6) is -0.00560. The molecule has 0 heterocycles. The largest absolute Gasteiger partial charge is 0.328 e. The first kappa shape index (κ1) is 9.45. The van der Waals surface area contributed by atoms with Gasteiger partial charge in [-0.1, -0.05) is 12.1 Å². The van der Waals surface area contributed by atoms with E-state index >= 15 is 0 Å². The lowest BCUT2D eigenvalue weighted by molar-refractivity contribution is -0.105. The van der Waals surface area contributed by atoms with Crippen LogP contribution in [0.2, 0.25) is 0 Å². The normalized spacial score (nSPS) is 9.38. The minimum Gasteiger partial charge on any atom is -0.328 e. The number of ketones is 1. The summed E-state index contributed by atoms with van der Waals surface area (Å²) in [4.78, 5) is 21.2. The van der Waals surface area contributed by atoms with E-state index in [4.69, 9.17) is 0 Å². The SMILES string of the molecule is CC(=O)c1ccc(C)c(NC=O)c1. The number of carbonyl (C=O) groups is 2. The van der Waals surface area contributed by atoms with Crippen molar-refractivity contribution in [2.75, 3.05) is 5.32 Å². The number of amides is 1. The van der Waals surface area contributed by atoms with Crippen molar-refractivity contribution in [2.24, 2.45) is 0 Å². The highest BCUT2D eigenvalue weighted by molar-refractivity contribution is 5.95. The van der Waals surface area contributed by atoms with Crippen LogP contribution in [0.4, 0.5) is 5.69 Å². The third kappa shape index (κ3) is 2.15. The zero-order valence-electron chi connectivity index (χ0n) is 7.63. The smallest absolute Gasteiger partial charge is 0.211 e. The number of carbonyl (C=O) groups excluding carboxylic acids is 2. The van der Waals surface area contributed by atoms with Crippen molar-refractivity contribution in [2.45, 2.75) is 13.8 Å². The van der Waals surface area contributed by atoms with E-state index in [0.717, 1.165) is 5.56 Å². The van der Waals surface area contributed by atoms with E-state index in [9.17, 15) is 9.59 Å². The molecule has 3 nitrogen and oxygen atoms in total. The molecule has 0 aliphatic heterocycles. The summed E-state index contributed by atoms with van der Waals surface area (Å²) >= 11 is 0. The highest BCUT2D eigenvalue weighted by Crippen LogP contribution is 2.16. The first-order chi connectivity index (χ1) is 6.15. The predicted molar refractivity (Wildman–Crippen MR) is 50.9 cm³/mol. The van der Waals surface area contributed by atoms with Crippen LogP contribution in [0.1, 0.15) is 22.8 Å². The molecule has 0 spiro atoms. The van der Waals surface area contributed by atoms with Crippen molar-refractivity contribution < 1.29 is 9.59 Å². The lowest BCUT2D eigenvalue weighted by atomic mass is 10.1. The van der Waals surface area contributed by atoms with Crippen molar-refractivity contribution in [3.05, 3.63) is 29.3 Å². The van der Waals surface area contributed by atoms with E-state index in [1.54, 1.807) is 12.1 Å². The van der Waals surface area contributed by atoms with Gasteiger partial charge in [0.05, 0.1) is 0 Å². The second kappa shape index (κ2) is 3.85. The number of benzene rings is 1. The minimum absolute atomic E-state index is 0.00560. The maximum absolute atomic E-state index is 11.0. The molecule has 0 saturated heterocycles. The zero-order valence-corrected chi connectivity index (χ0v) is 7.63. The van der Waals surface area contributed by atoms with Crippen molar-refractivity contribution in [1.29, 1.82) is 0 Å². The van der Waals surface area contributed by atoms with E-state index in [-0.39, 0.29) is 5.78 Å². The molecule has 0 bridgehead atoms. The summed E-state index contributed by atoms with van der Waals surface area (Å²) in [6.45, 7) is 3.37. The maximum Gasteiger partial charge on any atom is 0.211 e. The van der Waals surface area contributed by atoms with Gasteiger partial charge in [0.25, 0.3) is 0 Å². The highest BCUT2D eigenvalue weighted by atomic mass is 16.1. The van der Waals surface area contributed by atoms with Gasteiger partial charge in [0.2, 0.25) is 6.41 Å². The van der Waals surface area contributed by atoms with Crippen LogP contribution in [0.15, 0.2) is 18.2 Å². The molecule has 1 rings (SSSR count). The number of anilines is 1. The number of Topliss-reactive ketones (excluding diaryl/α,β-unsaturated/α-hetero) is 1. The molecule has 0 aromatic heterocycles. The topological polar surface area (TPSA) is 46.2 Å². The van der Waals surface area contributed by atoms with Gasteiger partial charge in [-0.05, 0) is 25.5 Å². The molecule has 13 heavy (non-hydrogen) atoms. The molecule has 0 aliphatic rings. The Balaban J connectivity index is 3.10. The van der Waals surface area contributed by atoms with Gasteiger partial charge in [-0.25, -0.2) is 0 Å². The van der Waals surface area contributed by atoms with Gasteiger partial charge in [0, 0.05) is 11.3 Å². The Morgan fingerprint density at radius 1 is 1.46 bits per heavy atom. The van der Waals surface area contributed by atoms with Crippen LogP contribution in [0.25, 0.3) is 0 Å². The molecular weight excluding hydrogens is 166 g/mol. The van der Waals surface area contributed by atoms with Crippen LogP contribution in [0.3, 0.4) is 0 Å². The van der Waals surface area contributed by atoms with Gasteiger partial charge < -0.3 is 5.32 Å². The van der Waals surface area contributed by atoms with Gasteiger partial charge in [-0.3, -0.25) is 9.59 Å². The summed E-state index contributed by atoms with van der Waals surface area (Å²) in [6, 6.07) is 5.22. The zero-order chi connectivity index (χ0) is 9.84. The lowest BCUT2D eigenvalue weighted by Gasteiger charge is -2.04. The van der Waals surface area contributed by atoms with Crippen LogP contribution in [-0.2, 0) is 4.79 Å². The standard InChI is InChI=1S/C10H11NO2/c1-7-3-4-9(8(2)13)5-10(7)11-6-12/h3-6H,1-2H3,(H,11,12). The second-order valence-electron chi connectivity index (χ2n) is 2.85. The van der Waals surface area contributed by atoms with E-state index < -0.39 is 0 Å².